The third-order valence-corrected chi connectivity index (χ3v) is 5.78. The molecule has 0 radical (unpaired) electrons. The fraction of sp³-hybridized carbons (Fsp3) is 0.500. The molecule has 10 nitrogen and oxygen atoms in total. The SMILES string of the molecule is CCOC(=O)CC[C@@H](NC(=O)[C@H](C(C)C)N(C)C(=O)c1cnn(-c2ccc(F)cc2)c1C)C(=O)OCC. The van der Waals surface area contributed by atoms with Crippen molar-refractivity contribution in [3.63, 3.8) is 0 Å². The average molecular weight is 519 g/mol. The average Bonchev–Trinajstić information content (AvgIpc) is 3.22. The van der Waals surface area contributed by atoms with Crippen molar-refractivity contribution in [1.82, 2.24) is 20.0 Å². The molecule has 2 atom stereocenters. The minimum absolute atomic E-state index is 0.00453. The van der Waals surface area contributed by atoms with Gasteiger partial charge in [-0.1, -0.05) is 13.8 Å². The number of nitrogens with one attached hydrogen (secondary N) is 1. The monoisotopic (exact) mass is 518 g/mol. The molecule has 202 valence electrons. The number of nitrogens with zero attached hydrogens (tertiary/aromatic N) is 3. The van der Waals surface area contributed by atoms with Crippen LogP contribution < -0.4 is 5.32 Å². The van der Waals surface area contributed by atoms with E-state index in [1.807, 2.05) is 0 Å². The Morgan fingerprint density at radius 2 is 1.70 bits per heavy atom. The molecule has 0 saturated carbocycles. The Morgan fingerprint density at radius 3 is 2.27 bits per heavy atom. The van der Waals surface area contributed by atoms with Crippen molar-refractivity contribution in [2.24, 2.45) is 5.92 Å². The molecule has 1 aromatic heterocycles. The van der Waals surface area contributed by atoms with E-state index in [1.54, 1.807) is 46.8 Å². The van der Waals surface area contributed by atoms with Crippen LogP contribution in [0.3, 0.4) is 0 Å². The lowest BCUT2D eigenvalue weighted by atomic mass is 10.00. The molecule has 1 aromatic carbocycles. The van der Waals surface area contributed by atoms with Gasteiger partial charge in [0.2, 0.25) is 5.91 Å². The van der Waals surface area contributed by atoms with Crippen LogP contribution in [0.15, 0.2) is 30.5 Å². The van der Waals surface area contributed by atoms with Crippen LogP contribution in [0.1, 0.15) is 56.6 Å². The first kappa shape index (κ1) is 29.5. The summed E-state index contributed by atoms with van der Waals surface area (Å²) in [4.78, 5) is 52.3. The normalized spacial score (nSPS) is 12.5. The van der Waals surface area contributed by atoms with Crippen molar-refractivity contribution < 1.29 is 33.0 Å². The molecule has 0 aliphatic rings. The van der Waals surface area contributed by atoms with Crippen molar-refractivity contribution in [3.8, 4) is 5.69 Å². The summed E-state index contributed by atoms with van der Waals surface area (Å²) >= 11 is 0. The van der Waals surface area contributed by atoms with Crippen LogP contribution in [-0.4, -0.2) is 70.8 Å². The number of likely N-dealkylation sites (N-methyl/N-ethyl adjacent to an activating group) is 1. The lowest BCUT2D eigenvalue weighted by Crippen LogP contribution is -2.54. The third-order valence-electron chi connectivity index (χ3n) is 5.78. The van der Waals surface area contributed by atoms with Crippen LogP contribution in [0.4, 0.5) is 4.39 Å². The number of benzene rings is 1. The minimum atomic E-state index is -1.08. The summed E-state index contributed by atoms with van der Waals surface area (Å²) < 4.78 is 24.8. The van der Waals surface area contributed by atoms with Crippen LogP contribution in [0.25, 0.3) is 5.69 Å². The summed E-state index contributed by atoms with van der Waals surface area (Å²) in [6.07, 6.45) is 1.31. The van der Waals surface area contributed by atoms with Crippen molar-refractivity contribution >= 4 is 23.8 Å². The minimum Gasteiger partial charge on any atom is -0.466 e. The van der Waals surface area contributed by atoms with E-state index in [2.05, 4.69) is 10.4 Å². The Hall–Kier alpha value is -3.76. The maximum atomic E-state index is 13.4. The Bertz CT molecular complexity index is 1100. The van der Waals surface area contributed by atoms with E-state index in [9.17, 15) is 23.6 Å². The second-order valence-electron chi connectivity index (χ2n) is 8.79. The molecule has 37 heavy (non-hydrogen) atoms. The van der Waals surface area contributed by atoms with Crippen LogP contribution in [0, 0.1) is 18.7 Å². The number of halogens is 1. The number of ether oxygens (including phenoxy) is 2. The molecule has 1 heterocycles. The topological polar surface area (TPSA) is 120 Å². The zero-order valence-electron chi connectivity index (χ0n) is 22.1. The number of carbonyl (C=O) groups is 4. The van der Waals surface area contributed by atoms with Crippen molar-refractivity contribution in [1.29, 1.82) is 0 Å². The Kier molecular flexibility index (Phi) is 10.8. The number of hydrogen-bond donors (Lipinski definition) is 1. The van der Waals surface area contributed by atoms with Gasteiger partial charge in [-0.2, -0.15) is 5.10 Å². The lowest BCUT2D eigenvalue weighted by molar-refractivity contribution is -0.149. The van der Waals surface area contributed by atoms with Crippen LogP contribution in [0.5, 0.6) is 0 Å². The second-order valence-corrected chi connectivity index (χ2v) is 8.79. The number of esters is 2. The van der Waals surface area contributed by atoms with Gasteiger partial charge in [0.1, 0.15) is 17.9 Å². The van der Waals surface area contributed by atoms with E-state index >= 15 is 0 Å². The predicted octanol–water partition coefficient (Wildman–Crippen LogP) is 2.81. The van der Waals surface area contributed by atoms with E-state index in [4.69, 9.17) is 9.47 Å². The molecular weight excluding hydrogens is 483 g/mol. The zero-order valence-corrected chi connectivity index (χ0v) is 22.1. The fourth-order valence-corrected chi connectivity index (χ4v) is 3.95. The van der Waals surface area contributed by atoms with Gasteiger partial charge in [0.25, 0.3) is 5.91 Å². The van der Waals surface area contributed by atoms with Gasteiger partial charge in [-0.15, -0.1) is 0 Å². The number of rotatable bonds is 12. The van der Waals surface area contributed by atoms with Crippen LogP contribution >= 0.6 is 0 Å². The second kappa shape index (κ2) is 13.5. The molecule has 11 heteroatoms. The highest BCUT2D eigenvalue weighted by molar-refractivity contribution is 5.98. The van der Waals surface area contributed by atoms with Crippen molar-refractivity contribution in [3.05, 3.63) is 47.5 Å². The van der Waals surface area contributed by atoms with E-state index in [0.717, 1.165) is 0 Å². The van der Waals surface area contributed by atoms with E-state index < -0.39 is 41.7 Å². The summed E-state index contributed by atoms with van der Waals surface area (Å²) in [7, 11) is 1.50. The summed E-state index contributed by atoms with van der Waals surface area (Å²) in [5.74, 6) is -2.87. The van der Waals surface area contributed by atoms with Crippen LogP contribution in [-0.2, 0) is 23.9 Å². The quantitative estimate of drug-likeness (QED) is 0.429. The molecule has 0 spiro atoms. The Labute approximate surface area is 216 Å². The molecule has 0 aliphatic carbocycles. The van der Waals surface area contributed by atoms with Gasteiger partial charge < -0.3 is 19.7 Å². The number of aromatic nitrogens is 2. The summed E-state index contributed by atoms with van der Waals surface area (Å²) in [5.41, 5.74) is 1.37. The number of carbonyl (C=O) groups excluding carboxylic acids is 4. The Morgan fingerprint density at radius 1 is 1.08 bits per heavy atom. The van der Waals surface area contributed by atoms with Gasteiger partial charge in [0.15, 0.2) is 0 Å². The zero-order chi connectivity index (χ0) is 27.7. The smallest absolute Gasteiger partial charge is 0.328 e. The first-order valence-electron chi connectivity index (χ1n) is 12.2. The summed E-state index contributed by atoms with van der Waals surface area (Å²) in [6, 6.07) is 3.67. The molecule has 2 rings (SSSR count). The molecule has 1 N–H and O–H groups in total. The molecule has 0 bridgehead atoms. The van der Waals surface area contributed by atoms with E-state index in [-0.39, 0.29) is 37.5 Å². The molecular formula is C26H35FN4O6. The van der Waals surface area contributed by atoms with Crippen LogP contribution in [0.2, 0.25) is 0 Å². The van der Waals surface area contributed by atoms with E-state index in [1.165, 1.54) is 35.0 Å². The van der Waals surface area contributed by atoms with Gasteiger partial charge in [0, 0.05) is 13.5 Å². The first-order valence-corrected chi connectivity index (χ1v) is 12.2. The Balaban J connectivity index is 2.23. The largest absolute Gasteiger partial charge is 0.466 e. The highest BCUT2D eigenvalue weighted by Crippen LogP contribution is 2.19. The molecule has 0 aliphatic heterocycles. The third kappa shape index (κ3) is 7.61. The molecule has 2 amide bonds. The standard InChI is InChI=1S/C26H35FN4O6/c1-7-36-22(32)14-13-21(26(35)37-8-2)29-24(33)23(16(3)4)30(6)25(34)20-15-28-31(17(20)5)19-11-9-18(27)10-12-19/h9-12,15-16,21,23H,7-8,13-14H2,1-6H3,(H,29,33)/t21-,23+/m1/s1. The molecule has 2 aromatic rings. The van der Waals surface area contributed by atoms with Gasteiger partial charge in [0.05, 0.1) is 36.4 Å². The number of hydrogen-bond acceptors (Lipinski definition) is 7. The van der Waals surface area contributed by atoms with Gasteiger partial charge in [-0.3, -0.25) is 14.4 Å². The lowest BCUT2D eigenvalue weighted by Gasteiger charge is -2.31. The van der Waals surface area contributed by atoms with Gasteiger partial charge >= 0.3 is 11.9 Å². The first-order chi connectivity index (χ1) is 17.5. The highest BCUT2D eigenvalue weighted by atomic mass is 19.1. The van der Waals surface area contributed by atoms with Gasteiger partial charge in [-0.25, -0.2) is 13.9 Å². The van der Waals surface area contributed by atoms with Gasteiger partial charge in [-0.05, 0) is 57.4 Å². The van der Waals surface area contributed by atoms with E-state index in [0.29, 0.717) is 11.4 Å². The maximum Gasteiger partial charge on any atom is 0.328 e. The summed E-state index contributed by atoms with van der Waals surface area (Å²) in [6.45, 7) is 8.88. The maximum absolute atomic E-state index is 13.4. The van der Waals surface area contributed by atoms with Crippen molar-refractivity contribution in [2.45, 2.75) is 59.5 Å². The molecule has 0 unspecified atom stereocenters. The highest BCUT2D eigenvalue weighted by Gasteiger charge is 2.34. The molecule has 0 saturated heterocycles. The van der Waals surface area contributed by atoms with Crippen molar-refractivity contribution in [2.75, 3.05) is 20.3 Å². The molecule has 0 fully saturated rings. The summed E-state index contributed by atoms with van der Waals surface area (Å²) in [5, 5.41) is 6.90. The predicted molar refractivity (Wildman–Crippen MR) is 133 cm³/mol. The fourth-order valence-electron chi connectivity index (χ4n) is 3.95. The number of amides is 2.